The lowest BCUT2D eigenvalue weighted by Gasteiger charge is -2.00. The third-order valence-electron chi connectivity index (χ3n) is 3.70. The molecule has 0 aliphatic heterocycles. The number of fused-ring (bicyclic) bond motifs is 5. The molecule has 0 saturated carbocycles. The first-order chi connectivity index (χ1) is 9.38. The number of aryl methyl sites for hydroxylation is 1. The molecule has 3 heterocycles. The van der Waals surface area contributed by atoms with Gasteiger partial charge in [-0.05, 0) is 24.1 Å². The highest BCUT2D eigenvalue weighted by Gasteiger charge is 2.12. The molecule has 3 nitrogen and oxygen atoms in total. The quantitative estimate of drug-likeness (QED) is 0.574. The first kappa shape index (κ1) is 10.6. The number of imidazole rings is 1. The van der Waals surface area contributed by atoms with Gasteiger partial charge in [-0.15, -0.1) is 0 Å². The number of H-pyrrole nitrogens is 1. The minimum atomic E-state index is 0.992. The number of aromatic amines is 1. The van der Waals surface area contributed by atoms with Gasteiger partial charge in [-0.2, -0.15) is 0 Å². The number of benzene rings is 1. The summed E-state index contributed by atoms with van der Waals surface area (Å²) in [4.78, 5) is 8.29. The zero-order valence-electron chi connectivity index (χ0n) is 10.9. The molecule has 19 heavy (non-hydrogen) atoms. The number of hydrogen-bond donors (Lipinski definition) is 1. The number of nitrogens with zero attached hydrogens (tertiary/aromatic N) is 2. The maximum atomic E-state index is 4.74. The standard InChI is InChI=1S/C16H15N3/c1-2-6-11-7-5-8-12-14(11)18-16-15(12)17-13-9-3-4-10-19(13)16/h3-5,7-10,18H,2,6H2,1H3. The van der Waals surface area contributed by atoms with Gasteiger partial charge in [-0.3, -0.25) is 4.40 Å². The first-order valence-electron chi connectivity index (χ1n) is 6.75. The van der Waals surface area contributed by atoms with Crippen LogP contribution in [-0.2, 0) is 6.42 Å². The Morgan fingerprint density at radius 3 is 3.00 bits per heavy atom. The topological polar surface area (TPSA) is 33.1 Å². The second kappa shape index (κ2) is 3.85. The molecule has 4 rings (SSSR count). The fourth-order valence-corrected chi connectivity index (χ4v) is 2.84. The van der Waals surface area contributed by atoms with Crippen molar-refractivity contribution in [2.45, 2.75) is 19.8 Å². The molecular formula is C16H15N3. The SMILES string of the molecule is CCCc1cccc2c1[nH]c1c2nc2ccccn21. The van der Waals surface area contributed by atoms with Crippen LogP contribution in [0.15, 0.2) is 42.6 Å². The molecule has 0 spiro atoms. The van der Waals surface area contributed by atoms with Crippen LogP contribution in [0.5, 0.6) is 0 Å². The fraction of sp³-hybridized carbons (Fsp3) is 0.188. The Morgan fingerprint density at radius 1 is 1.16 bits per heavy atom. The maximum Gasteiger partial charge on any atom is 0.143 e. The highest BCUT2D eigenvalue weighted by molar-refractivity contribution is 6.06. The number of para-hydroxylation sites is 1. The number of nitrogens with one attached hydrogen (secondary N) is 1. The van der Waals surface area contributed by atoms with E-state index in [4.69, 9.17) is 4.98 Å². The van der Waals surface area contributed by atoms with Crippen molar-refractivity contribution in [1.29, 1.82) is 0 Å². The van der Waals surface area contributed by atoms with Gasteiger partial charge in [0.25, 0.3) is 0 Å². The van der Waals surface area contributed by atoms with Gasteiger partial charge in [0.05, 0.1) is 5.52 Å². The van der Waals surface area contributed by atoms with Gasteiger partial charge in [0.15, 0.2) is 0 Å². The normalized spacial score (nSPS) is 11.8. The Balaban J connectivity index is 2.15. The first-order valence-corrected chi connectivity index (χ1v) is 6.75. The Hall–Kier alpha value is -2.29. The number of rotatable bonds is 2. The smallest absolute Gasteiger partial charge is 0.143 e. The molecule has 3 heteroatoms. The van der Waals surface area contributed by atoms with Crippen molar-refractivity contribution in [2.75, 3.05) is 0 Å². The van der Waals surface area contributed by atoms with Crippen LogP contribution in [0.3, 0.4) is 0 Å². The lowest BCUT2D eigenvalue weighted by Crippen LogP contribution is -1.87. The molecule has 0 aliphatic rings. The van der Waals surface area contributed by atoms with E-state index in [1.54, 1.807) is 0 Å². The highest BCUT2D eigenvalue weighted by atomic mass is 15.1. The molecule has 3 aromatic heterocycles. The van der Waals surface area contributed by atoms with E-state index >= 15 is 0 Å². The van der Waals surface area contributed by atoms with Crippen molar-refractivity contribution in [3.63, 3.8) is 0 Å². The molecule has 0 aliphatic carbocycles. The van der Waals surface area contributed by atoms with E-state index in [2.05, 4.69) is 40.7 Å². The minimum absolute atomic E-state index is 0.992. The Kier molecular flexibility index (Phi) is 2.15. The lowest BCUT2D eigenvalue weighted by atomic mass is 10.1. The van der Waals surface area contributed by atoms with Gasteiger partial charge in [-0.25, -0.2) is 4.98 Å². The van der Waals surface area contributed by atoms with E-state index < -0.39 is 0 Å². The van der Waals surface area contributed by atoms with Crippen molar-refractivity contribution >= 4 is 27.7 Å². The number of pyridine rings is 1. The zero-order valence-corrected chi connectivity index (χ0v) is 10.9. The molecule has 4 aromatic rings. The zero-order chi connectivity index (χ0) is 12.8. The molecule has 0 unspecified atom stereocenters. The van der Waals surface area contributed by atoms with Crippen molar-refractivity contribution < 1.29 is 0 Å². The summed E-state index contributed by atoms with van der Waals surface area (Å²) in [6.45, 7) is 2.21. The Morgan fingerprint density at radius 2 is 2.11 bits per heavy atom. The summed E-state index contributed by atoms with van der Waals surface area (Å²) in [6, 6.07) is 12.6. The third kappa shape index (κ3) is 1.41. The van der Waals surface area contributed by atoms with Crippen LogP contribution in [0.4, 0.5) is 0 Å². The van der Waals surface area contributed by atoms with Crippen molar-refractivity contribution in [2.24, 2.45) is 0 Å². The average molecular weight is 249 g/mol. The van der Waals surface area contributed by atoms with Gasteiger partial charge in [-0.1, -0.05) is 37.6 Å². The second-order valence-electron chi connectivity index (χ2n) is 4.95. The summed E-state index contributed by atoms with van der Waals surface area (Å²) in [5.74, 6) is 0. The summed E-state index contributed by atoms with van der Waals surface area (Å²) >= 11 is 0. The summed E-state index contributed by atoms with van der Waals surface area (Å²) in [7, 11) is 0. The second-order valence-corrected chi connectivity index (χ2v) is 4.95. The molecule has 94 valence electrons. The molecule has 0 atom stereocenters. The van der Waals surface area contributed by atoms with Gasteiger partial charge in [0.2, 0.25) is 0 Å². The van der Waals surface area contributed by atoms with Crippen LogP contribution < -0.4 is 0 Å². The minimum Gasteiger partial charge on any atom is -0.339 e. The van der Waals surface area contributed by atoms with E-state index in [0.717, 1.165) is 29.7 Å². The summed E-state index contributed by atoms with van der Waals surface area (Å²) in [5.41, 5.74) is 5.77. The van der Waals surface area contributed by atoms with Crippen molar-refractivity contribution in [3.8, 4) is 0 Å². The van der Waals surface area contributed by atoms with Crippen molar-refractivity contribution in [1.82, 2.24) is 14.4 Å². The monoisotopic (exact) mass is 249 g/mol. The highest BCUT2D eigenvalue weighted by Crippen LogP contribution is 2.28. The predicted octanol–water partition coefficient (Wildman–Crippen LogP) is 3.92. The number of hydrogen-bond acceptors (Lipinski definition) is 1. The Labute approximate surface area is 110 Å². The van der Waals surface area contributed by atoms with Gasteiger partial charge in [0, 0.05) is 11.6 Å². The van der Waals surface area contributed by atoms with E-state index in [1.165, 1.54) is 16.5 Å². The van der Waals surface area contributed by atoms with E-state index in [1.807, 2.05) is 18.2 Å². The molecule has 0 amide bonds. The van der Waals surface area contributed by atoms with E-state index in [0.29, 0.717) is 0 Å². The molecule has 0 radical (unpaired) electrons. The van der Waals surface area contributed by atoms with E-state index in [9.17, 15) is 0 Å². The van der Waals surface area contributed by atoms with Crippen LogP contribution in [0.2, 0.25) is 0 Å². The molecular weight excluding hydrogens is 234 g/mol. The summed E-state index contributed by atoms with van der Waals surface area (Å²) in [5, 5.41) is 1.23. The molecule has 1 N–H and O–H groups in total. The summed E-state index contributed by atoms with van der Waals surface area (Å²) < 4.78 is 2.12. The molecule has 0 saturated heterocycles. The average Bonchev–Trinajstić information content (AvgIpc) is 2.96. The van der Waals surface area contributed by atoms with E-state index in [-0.39, 0.29) is 0 Å². The van der Waals surface area contributed by atoms with Crippen LogP contribution in [0, 0.1) is 0 Å². The lowest BCUT2D eigenvalue weighted by molar-refractivity contribution is 0.927. The fourth-order valence-electron chi connectivity index (χ4n) is 2.84. The maximum absolute atomic E-state index is 4.74. The van der Waals surface area contributed by atoms with Gasteiger partial charge in [0.1, 0.15) is 16.8 Å². The third-order valence-corrected chi connectivity index (χ3v) is 3.70. The molecule has 1 aromatic carbocycles. The molecule has 0 bridgehead atoms. The van der Waals surface area contributed by atoms with Crippen molar-refractivity contribution in [3.05, 3.63) is 48.2 Å². The van der Waals surface area contributed by atoms with Gasteiger partial charge < -0.3 is 4.98 Å². The van der Waals surface area contributed by atoms with Crippen LogP contribution in [0.25, 0.3) is 27.7 Å². The summed E-state index contributed by atoms with van der Waals surface area (Å²) in [6.07, 6.45) is 4.31. The van der Waals surface area contributed by atoms with Crippen LogP contribution >= 0.6 is 0 Å². The van der Waals surface area contributed by atoms with Crippen LogP contribution in [-0.4, -0.2) is 14.4 Å². The molecule has 0 fully saturated rings. The number of aromatic nitrogens is 3. The Bertz CT molecular complexity index is 883. The van der Waals surface area contributed by atoms with Crippen LogP contribution in [0.1, 0.15) is 18.9 Å². The largest absolute Gasteiger partial charge is 0.339 e. The predicted molar refractivity (Wildman–Crippen MR) is 78.5 cm³/mol. The van der Waals surface area contributed by atoms with Gasteiger partial charge >= 0.3 is 0 Å².